The largest absolute Gasteiger partial charge is 0.387 e. The Morgan fingerprint density at radius 2 is 2.00 bits per heavy atom. The molecule has 4 heteroatoms. The fourth-order valence-corrected chi connectivity index (χ4v) is 2.94. The molecule has 0 amide bonds. The summed E-state index contributed by atoms with van der Waals surface area (Å²) < 4.78 is 2.27. The smallest absolute Gasteiger partial charge is 0.103 e. The molecule has 2 nitrogen and oxygen atoms in total. The third-order valence-corrected chi connectivity index (χ3v) is 5.51. The third-order valence-electron chi connectivity index (χ3n) is 3.18. The maximum absolute atomic E-state index is 6.10. The van der Waals surface area contributed by atoms with E-state index in [1.54, 1.807) is 0 Å². The van der Waals surface area contributed by atoms with E-state index in [9.17, 15) is 0 Å². The van der Waals surface area contributed by atoms with Crippen molar-refractivity contribution in [2.75, 3.05) is 0 Å². The molecule has 2 N–H and O–H groups in total. The highest BCUT2D eigenvalue weighted by molar-refractivity contribution is 14.1. The monoisotopic (exact) mass is 406 g/mol. The average molecular weight is 407 g/mol. The number of hydrogen-bond donors (Lipinski definition) is 1. The number of hydrogen-bond acceptors (Lipinski definition) is 1. The number of nitrogens with two attached hydrogens (primary N) is 1. The molecule has 0 aliphatic heterocycles. The van der Waals surface area contributed by atoms with Crippen molar-refractivity contribution in [3.05, 3.63) is 26.2 Å². The van der Waals surface area contributed by atoms with Gasteiger partial charge in [-0.05, 0) is 69.6 Å². The summed E-state index contributed by atoms with van der Waals surface area (Å²) in [6.07, 6.45) is 6.32. The van der Waals surface area contributed by atoms with Gasteiger partial charge in [0.25, 0.3) is 0 Å². The molecule has 1 saturated carbocycles. The Labute approximate surface area is 124 Å². The number of nitrogens with zero attached hydrogens (tertiary/aromatic N) is 1. The second-order valence-electron chi connectivity index (χ2n) is 4.47. The second-order valence-corrected chi connectivity index (χ2v) is 6.49. The Morgan fingerprint density at radius 3 is 2.65 bits per heavy atom. The molecular weight excluding hydrogens is 391 g/mol. The van der Waals surface area contributed by atoms with Gasteiger partial charge in [0, 0.05) is 14.0 Å². The summed E-state index contributed by atoms with van der Waals surface area (Å²) in [7, 11) is 0. The maximum Gasteiger partial charge on any atom is 0.103 e. The first-order valence-electron chi connectivity index (χ1n) is 5.96. The highest BCUT2D eigenvalue weighted by Crippen LogP contribution is 2.27. The first-order valence-corrected chi connectivity index (χ1v) is 7.83. The number of aliphatic imine (C=N–C) groups is 1. The fourth-order valence-electron chi connectivity index (χ4n) is 2.19. The highest BCUT2D eigenvalue weighted by Gasteiger charge is 2.16. The van der Waals surface area contributed by atoms with Gasteiger partial charge in [-0.25, -0.2) is 4.99 Å². The summed E-state index contributed by atoms with van der Waals surface area (Å²) in [5, 5.41) is 0. The summed E-state index contributed by atoms with van der Waals surface area (Å²) in [5.41, 5.74) is 7.06. The van der Waals surface area contributed by atoms with E-state index in [-0.39, 0.29) is 0 Å². The van der Waals surface area contributed by atoms with Crippen molar-refractivity contribution >= 4 is 50.0 Å². The van der Waals surface area contributed by atoms with Gasteiger partial charge in [-0.1, -0.05) is 19.3 Å². The number of benzene rings is 1. The molecule has 0 atom stereocenters. The molecule has 1 aromatic rings. The van der Waals surface area contributed by atoms with Crippen LogP contribution in [0.1, 0.15) is 32.1 Å². The minimum absolute atomic E-state index is 0.491. The van der Waals surface area contributed by atoms with Crippen LogP contribution in [0.25, 0.3) is 0 Å². The summed E-state index contributed by atoms with van der Waals surface area (Å²) in [6.45, 7) is 0. The van der Waals surface area contributed by atoms with E-state index >= 15 is 0 Å². The summed E-state index contributed by atoms with van der Waals surface area (Å²) in [5.74, 6) is 1.30. The van der Waals surface area contributed by atoms with E-state index in [1.807, 2.05) is 12.1 Å². The molecule has 0 heterocycles. The first kappa shape index (κ1) is 13.3. The van der Waals surface area contributed by atoms with E-state index < -0.39 is 0 Å². The predicted octanol–water partition coefficient (Wildman–Crippen LogP) is 4.62. The number of rotatable bonds is 2. The van der Waals surface area contributed by atoms with E-state index in [1.165, 1.54) is 35.7 Å². The van der Waals surface area contributed by atoms with Crippen LogP contribution in [0.4, 0.5) is 5.69 Å². The maximum atomic E-state index is 6.10. The minimum atomic E-state index is 0.491. The molecule has 0 saturated heterocycles. The molecule has 0 unspecified atom stereocenters. The van der Waals surface area contributed by atoms with Crippen LogP contribution in [-0.2, 0) is 0 Å². The van der Waals surface area contributed by atoms with Crippen LogP contribution in [0.5, 0.6) is 0 Å². The molecule has 92 valence electrons. The van der Waals surface area contributed by atoms with Crippen molar-refractivity contribution in [2.45, 2.75) is 32.1 Å². The molecule has 1 aromatic carbocycles. The van der Waals surface area contributed by atoms with Crippen molar-refractivity contribution in [3.63, 3.8) is 0 Å². The van der Waals surface area contributed by atoms with Gasteiger partial charge in [-0.3, -0.25) is 0 Å². The van der Waals surface area contributed by atoms with Crippen molar-refractivity contribution in [1.29, 1.82) is 0 Å². The zero-order chi connectivity index (χ0) is 12.3. The molecule has 0 spiro atoms. The lowest BCUT2D eigenvalue weighted by Crippen LogP contribution is -2.25. The lowest BCUT2D eigenvalue weighted by Gasteiger charge is -2.20. The van der Waals surface area contributed by atoms with Gasteiger partial charge in [0.1, 0.15) is 5.84 Å². The Balaban J connectivity index is 2.13. The van der Waals surface area contributed by atoms with Crippen LogP contribution in [-0.4, -0.2) is 5.84 Å². The zero-order valence-corrected chi connectivity index (χ0v) is 13.4. The molecule has 1 aliphatic rings. The number of amidine groups is 1. The molecule has 17 heavy (non-hydrogen) atoms. The quantitative estimate of drug-likeness (QED) is 0.434. The zero-order valence-electron chi connectivity index (χ0n) is 9.63. The normalized spacial score (nSPS) is 18.4. The van der Waals surface area contributed by atoms with Crippen LogP contribution < -0.4 is 5.73 Å². The first-order chi connectivity index (χ1) is 8.16. The van der Waals surface area contributed by atoms with E-state index in [4.69, 9.17) is 5.73 Å². The molecule has 0 bridgehead atoms. The van der Waals surface area contributed by atoms with E-state index in [2.05, 4.69) is 49.6 Å². The summed E-state index contributed by atoms with van der Waals surface area (Å²) in [4.78, 5) is 4.55. The molecule has 1 aliphatic carbocycles. The average Bonchev–Trinajstić information content (AvgIpc) is 2.35. The van der Waals surface area contributed by atoms with Crippen LogP contribution in [0.15, 0.2) is 27.7 Å². The highest BCUT2D eigenvalue weighted by atomic mass is 127. The van der Waals surface area contributed by atoms with E-state index in [0.717, 1.165) is 16.0 Å². The van der Waals surface area contributed by atoms with Crippen molar-refractivity contribution in [1.82, 2.24) is 0 Å². The Morgan fingerprint density at radius 1 is 1.29 bits per heavy atom. The predicted molar refractivity (Wildman–Crippen MR) is 84.7 cm³/mol. The lowest BCUT2D eigenvalue weighted by atomic mass is 9.88. The molecule has 0 aromatic heterocycles. The van der Waals surface area contributed by atoms with Gasteiger partial charge in [0.15, 0.2) is 0 Å². The summed E-state index contributed by atoms with van der Waals surface area (Å²) in [6, 6.07) is 6.08. The van der Waals surface area contributed by atoms with Gasteiger partial charge in [0.2, 0.25) is 0 Å². The summed E-state index contributed by atoms with van der Waals surface area (Å²) >= 11 is 5.78. The van der Waals surface area contributed by atoms with Gasteiger partial charge in [0.05, 0.1) is 5.69 Å². The Kier molecular flexibility index (Phi) is 4.85. The van der Waals surface area contributed by atoms with Crippen LogP contribution in [0.2, 0.25) is 0 Å². The lowest BCUT2D eigenvalue weighted by molar-refractivity contribution is 0.437. The number of halogens is 2. The molecule has 0 radical (unpaired) electrons. The van der Waals surface area contributed by atoms with Crippen molar-refractivity contribution < 1.29 is 0 Å². The molecular formula is C13H16BrIN2. The van der Waals surface area contributed by atoms with Crippen LogP contribution >= 0.6 is 38.5 Å². The van der Waals surface area contributed by atoms with Gasteiger partial charge < -0.3 is 5.73 Å². The van der Waals surface area contributed by atoms with Crippen molar-refractivity contribution in [2.24, 2.45) is 16.6 Å². The fraction of sp³-hybridized carbons (Fsp3) is 0.462. The molecule has 1 fully saturated rings. The topological polar surface area (TPSA) is 38.4 Å². The van der Waals surface area contributed by atoms with Gasteiger partial charge >= 0.3 is 0 Å². The van der Waals surface area contributed by atoms with Crippen LogP contribution in [0, 0.1) is 9.49 Å². The van der Waals surface area contributed by atoms with E-state index in [0.29, 0.717) is 5.92 Å². The minimum Gasteiger partial charge on any atom is -0.387 e. The Bertz CT molecular complexity index is 425. The standard InChI is InChI=1S/C13H16BrIN2/c14-11-7-6-10(8-12(11)15)17-13(16)9-4-2-1-3-5-9/h6-9H,1-5H2,(H2,16,17). The van der Waals surface area contributed by atoms with Crippen molar-refractivity contribution in [3.8, 4) is 0 Å². The van der Waals surface area contributed by atoms with Gasteiger partial charge in [-0.2, -0.15) is 0 Å². The SMILES string of the molecule is NC(=Nc1ccc(Br)c(I)c1)C1CCCCC1. The van der Waals surface area contributed by atoms with Gasteiger partial charge in [-0.15, -0.1) is 0 Å². The second kappa shape index (κ2) is 6.18. The Hall–Kier alpha value is -0.100. The van der Waals surface area contributed by atoms with Crippen LogP contribution in [0.3, 0.4) is 0 Å². The third kappa shape index (κ3) is 3.68. The molecule has 2 rings (SSSR count).